The molecule has 0 spiro atoms. The molecule has 0 saturated carbocycles. The molecule has 0 aliphatic heterocycles. The average molecular weight is 361 g/mol. The topological polar surface area (TPSA) is 120 Å². The first kappa shape index (κ1) is 19.0. The van der Waals surface area contributed by atoms with E-state index < -0.39 is 17.9 Å². The molecule has 1 atom stereocenters. The van der Waals surface area contributed by atoms with Gasteiger partial charge in [0.05, 0.1) is 33.8 Å². The molecule has 1 aromatic carbocycles. The van der Waals surface area contributed by atoms with E-state index in [0.717, 1.165) is 0 Å². The molecule has 0 aliphatic rings. The molecule has 2 rings (SSSR count). The van der Waals surface area contributed by atoms with Crippen LogP contribution in [0.15, 0.2) is 30.3 Å². The number of hydrogen-bond acceptors (Lipinski definition) is 7. The molecule has 0 saturated heterocycles. The number of nitrogens with zero attached hydrogens (tertiary/aromatic N) is 2. The van der Waals surface area contributed by atoms with E-state index in [9.17, 15) is 14.7 Å². The number of ether oxygens (including phenoxy) is 3. The fourth-order valence-electron chi connectivity index (χ4n) is 2.28. The van der Waals surface area contributed by atoms with Crippen LogP contribution in [0, 0.1) is 0 Å². The Morgan fingerprint density at radius 3 is 2.31 bits per heavy atom. The third kappa shape index (κ3) is 4.59. The van der Waals surface area contributed by atoms with Crippen molar-refractivity contribution in [1.82, 2.24) is 15.5 Å². The highest BCUT2D eigenvalue weighted by molar-refractivity contribution is 5.92. The molecule has 9 heteroatoms. The van der Waals surface area contributed by atoms with Crippen molar-refractivity contribution in [2.24, 2.45) is 0 Å². The minimum atomic E-state index is -1.06. The lowest BCUT2D eigenvalue weighted by atomic mass is 10.0. The summed E-state index contributed by atoms with van der Waals surface area (Å²) in [5.41, 5.74) is 0.599. The summed E-state index contributed by atoms with van der Waals surface area (Å²) in [6.45, 7) is 0. The van der Waals surface area contributed by atoms with Crippen LogP contribution in [0.4, 0.5) is 0 Å². The van der Waals surface area contributed by atoms with Crippen molar-refractivity contribution < 1.29 is 28.9 Å². The van der Waals surface area contributed by atoms with Gasteiger partial charge in [0.15, 0.2) is 17.2 Å². The Morgan fingerprint density at radius 1 is 1.04 bits per heavy atom. The van der Waals surface area contributed by atoms with Gasteiger partial charge >= 0.3 is 5.97 Å². The number of carbonyl (C=O) groups excluding carboxylic acids is 1. The van der Waals surface area contributed by atoms with Crippen LogP contribution >= 0.6 is 0 Å². The number of methoxy groups -OCH3 is 3. The van der Waals surface area contributed by atoms with Gasteiger partial charge < -0.3 is 24.6 Å². The minimum absolute atomic E-state index is 0.0432. The van der Waals surface area contributed by atoms with Crippen LogP contribution < -0.4 is 19.5 Å². The largest absolute Gasteiger partial charge is 0.493 e. The van der Waals surface area contributed by atoms with Crippen molar-refractivity contribution in [1.29, 1.82) is 0 Å². The van der Waals surface area contributed by atoms with Gasteiger partial charge in [-0.2, -0.15) is 0 Å². The molecular weight excluding hydrogens is 342 g/mol. The molecule has 138 valence electrons. The van der Waals surface area contributed by atoms with Gasteiger partial charge in [-0.1, -0.05) is 6.07 Å². The number of carboxylic acids is 1. The number of nitrogens with one attached hydrogen (secondary N) is 1. The molecule has 1 aromatic heterocycles. The molecule has 1 amide bonds. The molecular formula is C17H19N3O6. The molecule has 2 aromatic rings. The van der Waals surface area contributed by atoms with E-state index in [4.69, 9.17) is 14.2 Å². The van der Waals surface area contributed by atoms with Crippen LogP contribution in [-0.4, -0.2) is 48.5 Å². The number of amides is 1. The number of carbonyl (C=O) groups is 2. The third-order valence-corrected chi connectivity index (χ3v) is 3.58. The fourth-order valence-corrected chi connectivity index (χ4v) is 2.28. The van der Waals surface area contributed by atoms with Gasteiger partial charge in [-0.25, -0.2) is 0 Å². The minimum Gasteiger partial charge on any atom is -0.493 e. The second-order valence-corrected chi connectivity index (χ2v) is 5.20. The Hall–Kier alpha value is -3.36. The van der Waals surface area contributed by atoms with E-state index in [1.54, 1.807) is 18.2 Å². The molecule has 2 N–H and O–H groups in total. The number of aromatic nitrogens is 2. The summed E-state index contributed by atoms with van der Waals surface area (Å²) in [4.78, 5) is 23.6. The molecule has 0 aliphatic carbocycles. The number of rotatable bonds is 8. The smallest absolute Gasteiger partial charge is 0.305 e. The molecule has 0 fully saturated rings. The van der Waals surface area contributed by atoms with Crippen LogP contribution in [0.3, 0.4) is 0 Å². The lowest BCUT2D eigenvalue weighted by Gasteiger charge is -2.19. The SMILES string of the molecule is COc1ccc(C(=O)NC(CC(=O)O)c2ccc(OC)c(OC)c2)nn1. The van der Waals surface area contributed by atoms with E-state index in [2.05, 4.69) is 15.5 Å². The third-order valence-electron chi connectivity index (χ3n) is 3.58. The zero-order valence-electron chi connectivity index (χ0n) is 14.6. The van der Waals surface area contributed by atoms with Gasteiger partial charge in [0.2, 0.25) is 5.88 Å². The lowest BCUT2D eigenvalue weighted by molar-refractivity contribution is -0.137. The van der Waals surface area contributed by atoms with E-state index in [-0.39, 0.29) is 18.0 Å². The van der Waals surface area contributed by atoms with Gasteiger partial charge in [0.1, 0.15) is 0 Å². The zero-order valence-corrected chi connectivity index (χ0v) is 14.6. The van der Waals surface area contributed by atoms with Crippen molar-refractivity contribution in [2.45, 2.75) is 12.5 Å². The van der Waals surface area contributed by atoms with Gasteiger partial charge in [-0.05, 0) is 23.8 Å². The quantitative estimate of drug-likeness (QED) is 0.725. The van der Waals surface area contributed by atoms with Crippen molar-refractivity contribution in [3.8, 4) is 17.4 Å². The van der Waals surface area contributed by atoms with Gasteiger partial charge in [-0.15, -0.1) is 10.2 Å². The summed E-state index contributed by atoms with van der Waals surface area (Å²) < 4.78 is 15.3. The molecule has 0 radical (unpaired) electrons. The number of carboxylic acid groups (broad SMARTS) is 1. The predicted molar refractivity (Wildman–Crippen MR) is 90.6 cm³/mol. The highest BCUT2D eigenvalue weighted by Crippen LogP contribution is 2.31. The molecule has 1 heterocycles. The van der Waals surface area contributed by atoms with Crippen molar-refractivity contribution >= 4 is 11.9 Å². The summed E-state index contributed by atoms with van der Waals surface area (Å²) in [5.74, 6) is -0.424. The Kier molecular flexibility index (Phi) is 6.31. The maximum Gasteiger partial charge on any atom is 0.305 e. The highest BCUT2D eigenvalue weighted by Gasteiger charge is 2.21. The van der Waals surface area contributed by atoms with Crippen LogP contribution in [0.1, 0.15) is 28.5 Å². The highest BCUT2D eigenvalue weighted by atomic mass is 16.5. The van der Waals surface area contributed by atoms with E-state index in [1.165, 1.54) is 33.5 Å². The van der Waals surface area contributed by atoms with E-state index in [0.29, 0.717) is 17.1 Å². The predicted octanol–water partition coefficient (Wildman–Crippen LogP) is 1.45. The Balaban J connectivity index is 2.26. The van der Waals surface area contributed by atoms with Crippen molar-refractivity contribution in [3.05, 3.63) is 41.6 Å². The number of benzene rings is 1. The van der Waals surface area contributed by atoms with Gasteiger partial charge in [0, 0.05) is 6.07 Å². The van der Waals surface area contributed by atoms with Gasteiger partial charge in [-0.3, -0.25) is 9.59 Å². The van der Waals surface area contributed by atoms with E-state index in [1.807, 2.05) is 0 Å². The summed E-state index contributed by atoms with van der Waals surface area (Å²) in [5, 5.41) is 19.3. The average Bonchev–Trinajstić information content (AvgIpc) is 2.66. The first-order valence-electron chi connectivity index (χ1n) is 7.60. The standard InChI is InChI=1S/C17H19N3O6/c1-24-13-6-4-10(8-14(13)25-2)12(9-16(21)22)18-17(23)11-5-7-15(26-3)20-19-11/h4-8,12H,9H2,1-3H3,(H,18,23)(H,21,22). The normalized spacial score (nSPS) is 11.3. The Bertz CT molecular complexity index is 779. The summed E-state index contributed by atoms with van der Waals surface area (Å²) in [7, 11) is 4.40. The van der Waals surface area contributed by atoms with Gasteiger partial charge in [0.25, 0.3) is 5.91 Å². The summed E-state index contributed by atoms with van der Waals surface area (Å²) >= 11 is 0. The molecule has 26 heavy (non-hydrogen) atoms. The monoisotopic (exact) mass is 361 g/mol. The zero-order chi connectivity index (χ0) is 19.1. The Labute approximate surface area is 149 Å². The maximum atomic E-state index is 12.4. The first-order valence-corrected chi connectivity index (χ1v) is 7.60. The molecule has 9 nitrogen and oxygen atoms in total. The molecule has 0 bridgehead atoms. The second kappa shape index (κ2) is 8.65. The van der Waals surface area contributed by atoms with Crippen molar-refractivity contribution in [2.75, 3.05) is 21.3 Å². The van der Waals surface area contributed by atoms with Crippen molar-refractivity contribution in [3.63, 3.8) is 0 Å². The number of hydrogen-bond donors (Lipinski definition) is 2. The van der Waals surface area contributed by atoms with Crippen LogP contribution in [0.2, 0.25) is 0 Å². The lowest BCUT2D eigenvalue weighted by Crippen LogP contribution is -2.31. The Morgan fingerprint density at radius 2 is 1.77 bits per heavy atom. The van der Waals surface area contributed by atoms with Crippen LogP contribution in [0.5, 0.6) is 17.4 Å². The fraction of sp³-hybridized carbons (Fsp3) is 0.294. The second-order valence-electron chi connectivity index (χ2n) is 5.20. The summed E-state index contributed by atoms with van der Waals surface area (Å²) in [6, 6.07) is 7.06. The first-order chi connectivity index (χ1) is 12.5. The van der Waals surface area contributed by atoms with Crippen LogP contribution in [-0.2, 0) is 4.79 Å². The number of aliphatic carboxylic acids is 1. The summed E-state index contributed by atoms with van der Waals surface area (Å²) in [6.07, 6.45) is -0.315. The maximum absolute atomic E-state index is 12.4. The van der Waals surface area contributed by atoms with E-state index >= 15 is 0 Å². The molecule has 1 unspecified atom stereocenters. The van der Waals surface area contributed by atoms with Crippen LogP contribution in [0.25, 0.3) is 0 Å².